The van der Waals surface area contributed by atoms with Crippen LogP contribution in [-0.2, 0) is 28.6 Å². The molecule has 0 aliphatic rings. The molecule has 0 rings (SSSR count). The Morgan fingerprint density at radius 3 is 0.700 bits per heavy atom. The molecule has 0 aromatic rings. The Balaban J connectivity index is 4.00. The Hall–Kier alpha value is -2.89. The molecule has 1 atom stereocenters. The molecular weight excluding hydrogens is 985 g/mol. The molecule has 80 heavy (non-hydrogen) atoms. The van der Waals surface area contributed by atoms with E-state index in [1.54, 1.807) is 0 Å². The average molecular weight is 1120 g/mol. The molecule has 0 fully saturated rings. The van der Waals surface area contributed by atoms with Crippen LogP contribution in [0, 0.1) is 0 Å². The van der Waals surface area contributed by atoms with E-state index in [0.717, 1.165) is 77.0 Å². The van der Waals surface area contributed by atoms with Gasteiger partial charge in [0, 0.05) is 19.3 Å². The van der Waals surface area contributed by atoms with Crippen LogP contribution in [0.15, 0.2) is 60.8 Å². The van der Waals surface area contributed by atoms with Crippen molar-refractivity contribution in [2.24, 2.45) is 0 Å². The lowest BCUT2D eigenvalue weighted by atomic mass is 10.0. The second kappa shape index (κ2) is 68.6. The Bertz CT molecular complexity index is 1430. The van der Waals surface area contributed by atoms with Crippen molar-refractivity contribution in [2.45, 2.75) is 380 Å². The standard InChI is InChI=1S/C74H134O6/c1-4-7-10-13-16-18-20-22-24-26-28-30-32-34-35-36-37-38-39-41-42-44-46-48-50-52-54-56-58-61-64-67-73(76)79-70-71(69-78-72(75)66-63-60-15-12-9-6-3)80-74(77)68-65-62-59-57-55-53-51-49-47-45-43-40-33-31-29-27-25-23-21-19-17-14-11-8-5-2/h20-23,26-29,33,40,71H,4-19,24-25,30-32,34-39,41-70H2,1-3H3/b22-20-,23-21-,28-26-,29-27-,40-33-. The summed E-state index contributed by atoms with van der Waals surface area (Å²) < 4.78 is 16.9. The normalized spacial score (nSPS) is 12.4. The summed E-state index contributed by atoms with van der Waals surface area (Å²) in [6.07, 6.45) is 88.6. The van der Waals surface area contributed by atoms with Gasteiger partial charge >= 0.3 is 17.9 Å². The number of ether oxygens (including phenoxy) is 3. The number of rotatable bonds is 65. The molecular formula is C74H134O6. The topological polar surface area (TPSA) is 78.9 Å². The number of esters is 3. The smallest absolute Gasteiger partial charge is 0.306 e. The first-order valence-corrected chi connectivity index (χ1v) is 35.3. The van der Waals surface area contributed by atoms with Crippen molar-refractivity contribution in [3.8, 4) is 0 Å². The van der Waals surface area contributed by atoms with Gasteiger partial charge in [0.25, 0.3) is 0 Å². The van der Waals surface area contributed by atoms with Gasteiger partial charge in [0.1, 0.15) is 13.2 Å². The van der Waals surface area contributed by atoms with Crippen molar-refractivity contribution < 1.29 is 28.6 Å². The Labute approximate surface area is 498 Å². The molecule has 0 heterocycles. The monoisotopic (exact) mass is 1120 g/mol. The largest absolute Gasteiger partial charge is 0.462 e. The van der Waals surface area contributed by atoms with E-state index in [-0.39, 0.29) is 31.1 Å². The maximum atomic E-state index is 12.9. The van der Waals surface area contributed by atoms with E-state index in [2.05, 4.69) is 81.5 Å². The number of hydrogen-bond donors (Lipinski definition) is 0. The second-order valence-corrected chi connectivity index (χ2v) is 23.8. The minimum absolute atomic E-state index is 0.0718. The van der Waals surface area contributed by atoms with Gasteiger partial charge in [-0.05, 0) is 89.9 Å². The minimum Gasteiger partial charge on any atom is -0.462 e. The zero-order valence-corrected chi connectivity index (χ0v) is 53.6. The van der Waals surface area contributed by atoms with Gasteiger partial charge in [0.05, 0.1) is 0 Å². The highest BCUT2D eigenvalue weighted by Gasteiger charge is 2.19. The highest BCUT2D eigenvalue weighted by atomic mass is 16.6. The predicted octanol–water partition coefficient (Wildman–Crippen LogP) is 24.3. The van der Waals surface area contributed by atoms with Gasteiger partial charge in [-0.15, -0.1) is 0 Å². The quantitative estimate of drug-likeness (QED) is 0.0261. The molecule has 0 aliphatic heterocycles. The molecule has 0 aliphatic carbocycles. The van der Waals surface area contributed by atoms with Crippen LogP contribution >= 0.6 is 0 Å². The SMILES string of the molecule is CCCCCCC/C=C\C/C=C\C/C=C\CCCCCCCCCCCCC(=O)OC(COC(=O)CCCCCCCC)COC(=O)CCCCCCCCCCCCCCCCCCCCC/C=C\C/C=C\CCCCCCC. The van der Waals surface area contributed by atoms with Gasteiger partial charge in [0.15, 0.2) is 6.10 Å². The molecule has 0 aromatic heterocycles. The lowest BCUT2D eigenvalue weighted by Gasteiger charge is -2.18. The Kier molecular flexibility index (Phi) is 66.1. The summed E-state index contributed by atoms with van der Waals surface area (Å²) >= 11 is 0. The highest BCUT2D eigenvalue weighted by molar-refractivity contribution is 5.71. The summed E-state index contributed by atoms with van der Waals surface area (Å²) in [5.74, 6) is -0.866. The van der Waals surface area contributed by atoms with Crippen LogP contribution in [0.5, 0.6) is 0 Å². The van der Waals surface area contributed by atoms with Crippen molar-refractivity contribution in [1.82, 2.24) is 0 Å². The maximum Gasteiger partial charge on any atom is 0.306 e. The maximum absolute atomic E-state index is 12.9. The van der Waals surface area contributed by atoms with Gasteiger partial charge in [-0.2, -0.15) is 0 Å². The number of hydrogen-bond acceptors (Lipinski definition) is 6. The third-order valence-corrected chi connectivity index (χ3v) is 15.7. The zero-order chi connectivity index (χ0) is 57.8. The fourth-order valence-electron chi connectivity index (χ4n) is 10.4. The first-order chi connectivity index (χ1) is 39.5. The van der Waals surface area contributed by atoms with E-state index in [1.807, 2.05) is 0 Å². The lowest BCUT2D eigenvalue weighted by molar-refractivity contribution is -0.167. The van der Waals surface area contributed by atoms with Crippen LogP contribution in [0.3, 0.4) is 0 Å². The van der Waals surface area contributed by atoms with Gasteiger partial charge in [-0.25, -0.2) is 0 Å². The van der Waals surface area contributed by atoms with Crippen molar-refractivity contribution in [3.63, 3.8) is 0 Å². The summed E-state index contributed by atoms with van der Waals surface area (Å²) in [5, 5.41) is 0. The number of carbonyl (C=O) groups excluding carboxylic acids is 3. The van der Waals surface area contributed by atoms with Crippen LogP contribution in [0.4, 0.5) is 0 Å². The second-order valence-electron chi connectivity index (χ2n) is 23.8. The molecule has 1 unspecified atom stereocenters. The fourth-order valence-corrected chi connectivity index (χ4v) is 10.4. The molecule has 6 heteroatoms. The molecule has 0 saturated carbocycles. The van der Waals surface area contributed by atoms with E-state index in [4.69, 9.17) is 14.2 Å². The molecule has 0 saturated heterocycles. The molecule has 6 nitrogen and oxygen atoms in total. The van der Waals surface area contributed by atoms with E-state index < -0.39 is 6.10 Å². The van der Waals surface area contributed by atoms with E-state index in [0.29, 0.717) is 19.3 Å². The van der Waals surface area contributed by atoms with Gasteiger partial charge in [-0.1, -0.05) is 326 Å². The van der Waals surface area contributed by atoms with E-state index in [9.17, 15) is 14.4 Å². The average Bonchev–Trinajstić information content (AvgIpc) is 3.46. The summed E-state index contributed by atoms with van der Waals surface area (Å²) in [6.45, 7) is 6.61. The molecule has 0 spiro atoms. The van der Waals surface area contributed by atoms with Crippen molar-refractivity contribution in [2.75, 3.05) is 13.2 Å². The number of unbranched alkanes of at least 4 members (excludes halogenated alkanes) is 44. The minimum atomic E-state index is -0.772. The molecule has 0 radical (unpaired) electrons. The van der Waals surface area contributed by atoms with Crippen LogP contribution in [0.2, 0.25) is 0 Å². The van der Waals surface area contributed by atoms with Gasteiger partial charge in [0.2, 0.25) is 0 Å². The first kappa shape index (κ1) is 77.1. The van der Waals surface area contributed by atoms with Crippen LogP contribution < -0.4 is 0 Å². The van der Waals surface area contributed by atoms with Crippen LogP contribution in [-0.4, -0.2) is 37.2 Å². The van der Waals surface area contributed by atoms with Crippen LogP contribution in [0.25, 0.3) is 0 Å². The highest BCUT2D eigenvalue weighted by Crippen LogP contribution is 2.18. The van der Waals surface area contributed by atoms with Gasteiger partial charge in [-0.3, -0.25) is 14.4 Å². The molecule has 466 valence electrons. The molecule has 0 bridgehead atoms. The molecule has 0 N–H and O–H groups in total. The van der Waals surface area contributed by atoms with Gasteiger partial charge < -0.3 is 14.2 Å². The van der Waals surface area contributed by atoms with Crippen molar-refractivity contribution in [3.05, 3.63) is 60.8 Å². The molecule has 0 amide bonds. The van der Waals surface area contributed by atoms with Crippen molar-refractivity contribution in [1.29, 1.82) is 0 Å². The lowest BCUT2D eigenvalue weighted by Crippen LogP contribution is -2.30. The predicted molar refractivity (Wildman–Crippen MR) is 348 cm³/mol. The Morgan fingerprint density at radius 1 is 0.250 bits per heavy atom. The Morgan fingerprint density at radius 2 is 0.450 bits per heavy atom. The van der Waals surface area contributed by atoms with E-state index in [1.165, 1.54) is 257 Å². The fraction of sp³-hybridized carbons (Fsp3) is 0.824. The van der Waals surface area contributed by atoms with E-state index >= 15 is 0 Å². The first-order valence-electron chi connectivity index (χ1n) is 35.3. The summed E-state index contributed by atoms with van der Waals surface area (Å²) in [7, 11) is 0. The zero-order valence-electron chi connectivity index (χ0n) is 53.6. The third kappa shape index (κ3) is 65.9. The third-order valence-electron chi connectivity index (χ3n) is 15.7. The molecule has 0 aromatic carbocycles. The number of allylic oxidation sites excluding steroid dienone is 10. The summed E-state index contributed by atoms with van der Waals surface area (Å²) in [6, 6.07) is 0. The van der Waals surface area contributed by atoms with Crippen molar-refractivity contribution >= 4 is 17.9 Å². The van der Waals surface area contributed by atoms with Crippen LogP contribution in [0.1, 0.15) is 374 Å². The number of carbonyl (C=O) groups is 3. The summed E-state index contributed by atoms with van der Waals surface area (Å²) in [4.78, 5) is 38.1. The summed E-state index contributed by atoms with van der Waals surface area (Å²) in [5.41, 5.74) is 0.